The fourth-order valence-corrected chi connectivity index (χ4v) is 4.23. The molecule has 2 N–H and O–H groups in total. The Morgan fingerprint density at radius 3 is 2.72 bits per heavy atom. The van der Waals surface area contributed by atoms with Gasteiger partial charge in [-0.15, -0.1) is 0 Å². The molecule has 1 aliphatic heterocycles. The number of aromatic nitrogens is 2. The summed E-state index contributed by atoms with van der Waals surface area (Å²) in [5.41, 5.74) is 0.479. The summed E-state index contributed by atoms with van der Waals surface area (Å²) in [6.07, 6.45) is 1.70. The van der Waals surface area contributed by atoms with Gasteiger partial charge in [-0.3, -0.25) is 4.72 Å². The maximum absolute atomic E-state index is 12.8. The number of nitrogens with one attached hydrogen (secondary N) is 1. The van der Waals surface area contributed by atoms with Gasteiger partial charge in [0.25, 0.3) is 10.0 Å². The molecule has 2 heterocycles. The maximum Gasteiger partial charge on any atom is 0.339 e. The van der Waals surface area contributed by atoms with Crippen molar-refractivity contribution < 1.29 is 27.8 Å². The van der Waals surface area contributed by atoms with Crippen LogP contribution in [-0.2, 0) is 21.3 Å². The molecule has 0 atom stereocenters. The summed E-state index contributed by atoms with van der Waals surface area (Å²) in [7, 11) is -3.99. The van der Waals surface area contributed by atoms with Crippen molar-refractivity contribution in [3.8, 4) is 5.75 Å². The SMILES string of the molecule is CCn1nc(C)cc1NS(=O)(=O)c1ccc(OCC2CCOCC2)c(C(=O)O)c1. The van der Waals surface area contributed by atoms with Crippen LogP contribution in [0.15, 0.2) is 29.2 Å². The highest BCUT2D eigenvalue weighted by Gasteiger charge is 2.22. The van der Waals surface area contributed by atoms with Crippen LogP contribution in [0.3, 0.4) is 0 Å². The van der Waals surface area contributed by atoms with Gasteiger partial charge in [-0.25, -0.2) is 17.9 Å². The van der Waals surface area contributed by atoms with E-state index in [1.807, 2.05) is 6.92 Å². The fraction of sp³-hybridized carbons (Fsp3) is 0.474. The number of anilines is 1. The largest absolute Gasteiger partial charge is 0.492 e. The van der Waals surface area contributed by atoms with Crippen LogP contribution in [0.4, 0.5) is 5.82 Å². The number of carboxylic acids is 1. The molecule has 10 heteroatoms. The molecule has 1 aromatic heterocycles. The summed E-state index contributed by atoms with van der Waals surface area (Å²) in [5.74, 6) is -0.495. The molecule has 0 spiro atoms. The van der Waals surface area contributed by atoms with Gasteiger partial charge >= 0.3 is 5.97 Å². The van der Waals surface area contributed by atoms with Gasteiger partial charge in [0.1, 0.15) is 17.1 Å². The Balaban J connectivity index is 1.81. The van der Waals surface area contributed by atoms with Crippen molar-refractivity contribution in [3.05, 3.63) is 35.5 Å². The molecule has 1 aliphatic rings. The van der Waals surface area contributed by atoms with Gasteiger partial charge in [-0.05, 0) is 50.8 Å². The Labute approximate surface area is 169 Å². The summed E-state index contributed by atoms with van der Waals surface area (Å²) in [6, 6.07) is 5.46. The standard InChI is InChI=1S/C19H25N3O6S/c1-3-22-18(10-13(2)20-22)21-29(25,26)15-4-5-17(16(11-15)19(23)24)28-12-14-6-8-27-9-7-14/h4-5,10-11,14,21H,3,6-9,12H2,1-2H3,(H,23,24). The summed E-state index contributed by atoms with van der Waals surface area (Å²) < 4.78 is 40.5. The molecule has 1 saturated heterocycles. The molecule has 29 heavy (non-hydrogen) atoms. The third-order valence-corrected chi connectivity index (χ3v) is 6.10. The van der Waals surface area contributed by atoms with E-state index in [-0.39, 0.29) is 22.1 Å². The van der Waals surface area contributed by atoms with E-state index in [0.717, 1.165) is 18.9 Å². The van der Waals surface area contributed by atoms with Crippen molar-refractivity contribution in [3.63, 3.8) is 0 Å². The van der Waals surface area contributed by atoms with Gasteiger partial charge in [0, 0.05) is 25.8 Å². The van der Waals surface area contributed by atoms with Crippen LogP contribution in [0, 0.1) is 12.8 Å². The van der Waals surface area contributed by atoms with Crippen molar-refractivity contribution in [2.45, 2.75) is 38.1 Å². The average Bonchev–Trinajstić information content (AvgIpc) is 3.05. The first-order valence-electron chi connectivity index (χ1n) is 9.45. The Morgan fingerprint density at radius 1 is 1.34 bits per heavy atom. The summed E-state index contributed by atoms with van der Waals surface area (Å²) in [4.78, 5) is 11.5. The lowest BCUT2D eigenvalue weighted by Gasteiger charge is -2.22. The molecule has 2 aromatic rings. The van der Waals surface area contributed by atoms with Crippen LogP contribution >= 0.6 is 0 Å². The van der Waals surface area contributed by atoms with Crippen LogP contribution in [0.2, 0.25) is 0 Å². The molecule has 0 saturated carbocycles. The van der Waals surface area contributed by atoms with Gasteiger partial charge in [0.05, 0.1) is 17.2 Å². The van der Waals surface area contributed by atoms with Crippen LogP contribution in [0.5, 0.6) is 5.75 Å². The molecule has 0 radical (unpaired) electrons. The Bertz CT molecular complexity index is 980. The van der Waals surface area contributed by atoms with E-state index in [0.29, 0.717) is 37.9 Å². The molecule has 3 rings (SSSR count). The average molecular weight is 423 g/mol. The van der Waals surface area contributed by atoms with Crippen LogP contribution in [-0.4, -0.2) is 49.1 Å². The second-order valence-electron chi connectivity index (χ2n) is 6.92. The fourth-order valence-electron chi connectivity index (χ4n) is 3.16. The van der Waals surface area contributed by atoms with Crippen molar-refractivity contribution in [1.82, 2.24) is 9.78 Å². The van der Waals surface area contributed by atoms with E-state index >= 15 is 0 Å². The molecule has 1 fully saturated rings. The number of carbonyl (C=O) groups is 1. The number of aryl methyl sites for hydroxylation is 2. The minimum atomic E-state index is -3.99. The zero-order chi connectivity index (χ0) is 21.0. The number of ether oxygens (including phenoxy) is 2. The number of aromatic carboxylic acids is 1. The molecule has 1 aromatic carbocycles. The van der Waals surface area contributed by atoms with Crippen molar-refractivity contribution in [2.75, 3.05) is 24.5 Å². The van der Waals surface area contributed by atoms with Gasteiger partial charge in [0.2, 0.25) is 0 Å². The minimum Gasteiger partial charge on any atom is -0.492 e. The molecule has 0 unspecified atom stereocenters. The van der Waals surface area contributed by atoms with Gasteiger partial charge in [-0.1, -0.05) is 0 Å². The molecule has 158 valence electrons. The lowest BCUT2D eigenvalue weighted by atomic mass is 10.0. The normalized spacial score (nSPS) is 15.2. The third kappa shape index (κ3) is 5.07. The topological polar surface area (TPSA) is 120 Å². The van der Waals surface area contributed by atoms with Crippen LogP contribution in [0.1, 0.15) is 35.8 Å². The van der Waals surface area contributed by atoms with Crippen LogP contribution < -0.4 is 9.46 Å². The first-order chi connectivity index (χ1) is 13.8. The number of sulfonamides is 1. The minimum absolute atomic E-state index is 0.150. The Hall–Kier alpha value is -2.59. The first-order valence-corrected chi connectivity index (χ1v) is 10.9. The highest BCUT2D eigenvalue weighted by Crippen LogP contribution is 2.26. The zero-order valence-electron chi connectivity index (χ0n) is 16.4. The van der Waals surface area contributed by atoms with Crippen molar-refractivity contribution in [2.24, 2.45) is 5.92 Å². The lowest BCUT2D eigenvalue weighted by Crippen LogP contribution is -2.22. The highest BCUT2D eigenvalue weighted by atomic mass is 32.2. The molecular weight excluding hydrogens is 398 g/mol. The second kappa shape index (κ2) is 8.83. The number of nitrogens with zero attached hydrogens (tertiary/aromatic N) is 2. The number of hydrogen-bond donors (Lipinski definition) is 2. The first kappa shape index (κ1) is 21.1. The maximum atomic E-state index is 12.8. The third-order valence-electron chi connectivity index (χ3n) is 4.75. The van der Waals surface area contributed by atoms with E-state index in [1.165, 1.54) is 16.8 Å². The quantitative estimate of drug-likeness (QED) is 0.669. The molecular formula is C19H25N3O6S. The van der Waals surface area contributed by atoms with E-state index in [2.05, 4.69) is 9.82 Å². The number of rotatable bonds is 8. The summed E-state index contributed by atoms with van der Waals surface area (Å²) in [6.45, 7) is 5.79. The van der Waals surface area contributed by atoms with Gasteiger partial charge < -0.3 is 14.6 Å². The Morgan fingerprint density at radius 2 is 2.07 bits per heavy atom. The van der Waals surface area contributed by atoms with Gasteiger partial charge in [-0.2, -0.15) is 5.10 Å². The highest BCUT2D eigenvalue weighted by molar-refractivity contribution is 7.92. The summed E-state index contributed by atoms with van der Waals surface area (Å²) >= 11 is 0. The predicted molar refractivity (Wildman–Crippen MR) is 106 cm³/mol. The van der Waals surface area contributed by atoms with Crippen LogP contribution in [0.25, 0.3) is 0 Å². The van der Waals surface area contributed by atoms with E-state index < -0.39 is 16.0 Å². The van der Waals surface area contributed by atoms with Crippen molar-refractivity contribution in [1.29, 1.82) is 0 Å². The van der Waals surface area contributed by atoms with Gasteiger partial charge in [0.15, 0.2) is 0 Å². The smallest absolute Gasteiger partial charge is 0.339 e. The number of benzene rings is 1. The van der Waals surface area contributed by atoms with Crippen molar-refractivity contribution >= 4 is 21.8 Å². The molecule has 0 amide bonds. The summed E-state index contributed by atoms with van der Waals surface area (Å²) in [5, 5.41) is 13.7. The number of hydrogen-bond acceptors (Lipinski definition) is 6. The second-order valence-corrected chi connectivity index (χ2v) is 8.60. The lowest BCUT2D eigenvalue weighted by molar-refractivity contribution is 0.0490. The van der Waals surface area contributed by atoms with E-state index in [1.54, 1.807) is 13.0 Å². The monoisotopic (exact) mass is 423 g/mol. The number of carboxylic acid groups (broad SMARTS) is 1. The molecule has 9 nitrogen and oxygen atoms in total. The van der Waals surface area contributed by atoms with E-state index in [4.69, 9.17) is 9.47 Å². The Kier molecular flexibility index (Phi) is 6.43. The molecule has 0 aliphatic carbocycles. The van der Waals surface area contributed by atoms with E-state index in [9.17, 15) is 18.3 Å². The molecule has 0 bridgehead atoms. The predicted octanol–water partition coefficient (Wildman–Crippen LogP) is 2.52. The zero-order valence-corrected chi connectivity index (χ0v) is 17.2.